The lowest BCUT2D eigenvalue weighted by Gasteiger charge is -2.30. The maximum absolute atomic E-state index is 10.2. The van der Waals surface area contributed by atoms with Gasteiger partial charge in [-0.25, -0.2) is 0 Å². The molecule has 122 valence electrons. The van der Waals surface area contributed by atoms with Gasteiger partial charge in [-0.15, -0.1) is 0 Å². The van der Waals surface area contributed by atoms with E-state index in [2.05, 4.69) is 11.9 Å². The Balaban J connectivity index is 0.000000693. The number of nitrogens with zero attached hydrogens (tertiary/aromatic N) is 1. The molecule has 3 heterocycles. The van der Waals surface area contributed by atoms with Gasteiger partial charge in [0, 0.05) is 25.6 Å². The number of piperidine rings is 1. The first-order valence-electron chi connectivity index (χ1n) is 7.92. The Labute approximate surface area is 131 Å². The van der Waals surface area contributed by atoms with Gasteiger partial charge in [-0.2, -0.15) is 0 Å². The van der Waals surface area contributed by atoms with E-state index < -0.39 is 6.29 Å². The van der Waals surface area contributed by atoms with E-state index in [1.165, 1.54) is 0 Å². The predicted molar refractivity (Wildman–Crippen MR) is 82.4 cm³/mol. The van der Waals surface area contributed by atoms with Gasteiger partial charge >= 0.3 is 0 Å². The number of fused-ring (bicyclic) bond motifs is 4. The summed E-state index contributed by atoms with van der Waals surface area (Å²) in [5, 5.41) is 17.2. The second kappa shape index (κ2) is 6.64. The van der Waals surface area contributed by atoms with Crippen LogP contribution in [0.4, 0.5) is 0 Å². The summed E-state index contributed by atoms with van der Waals surface area (Å²) in [6.45, 7) is 0. The molecular weight excluding hydrogens is 282 g/mol. The van der Waals surface area contributed by atoms with Crippen LogP contribution in [0.3, 0.4) is 0 Å². The first-order valence-corrected chi connectivity index (χ1v) is 7.92. The lowest BCUT2D eigenvalue weighted by Crippen LogP contribution is -2.44. The highest BCUT2D eigenvalue weighted by molar-refractivity contribution is 5.15. The highest BCUT2D eigenvalue weighted by Crippen LogP contribution is 2.46. The Morgan fingerprint density at radius 2 is 1.95 bits per heavy atom. The van der Waals surface area contributed by atoms with Crippen molar-refractivity contribution in [3.8, 4) is 0 Å². The average molecular weight is 307 g/mol. The fourth-order valence-electron chi connectivity index (χ4n) is 3.89. The normalized spacial score (nSPS) is 37.0. The van der Waals surface area contributed by atoms with Crippen LogP contribution in [-0.2, 0) is 15.9 Å². The van der Waals surface area contributed by atoms with Crippen molar-refractivity contribution in [2.45, 2.75) is 55.9 Å². The third-order valence-electron chi connectivity index (χ3n) is 5.01. The summed E-state index contributed by atoms with van der Waals surface area (Å²) in [5.74, 6) is 0. The molecule has 6 atom stereocenters. The van der Waals surface area contributed by atoms with E-state index in [-0.39, 0.29) is 6.10 Å². The van der Waals surface area contributed by atoms with E-state index in [0.29, 0.717) is 30.7 Å². The molecule has 0 amide bonds. The van der Waals surface area contributed by atoms with Crippen molar-refractivity contribution in [1.82, 2.24) is 4.90 Å². The van der Waals surface area contributed by atoms with Gasteiger partial charge < -0.3 is 19.7 Å². The molecule has 3 aliphatic heterocycles. The largest absolute Gasteiger partial charge is 0.400 e. The van der Waals surface area contributed by atoms with Crippen LogP contribution in [0.1, 0.15) is 18.4 Å². The Morgan fingerprint density at radius 3 is 2.68 bits per heavy atom. The smallest absolute Gasteiger partial charge is 0.159 e. The molecule has 2 N–H and O–H groups in total. The lowest BCUT2D eigenvalue weighted by atomic mass is 10.0. The average Bonchev–Trinajstić information content (AvgIpc) is 3.26. The predicted octanol–water partition coefficient (Wildman–Crippen LogP) is 0.785. The number of likely N-dealkylation sites (N-methyl/N-ethyl adjacent to an activating group) is 1. The number of aliphatic hydroxyl groups excluding tert-OH is 2. The van der Waals surface area contributed by atoms with Crippen molar-refractivity contribution >= 4 is 0 Å². The summed E-state index contributed by atoms with van der Waals surface area (Å²) < 4.78 is 11.6. The maximum Gasteiger partial charge on any atom is 0.159 e. The van der Waals surface area contributed by atoms with Crippen molar-refractivity contribution in [3.63, 3.8) is 0 Å². The molecule has 2 bridgehead atoms. The van der Waals surface area contributed by atoms with Gasteiger partial charge in [0.1, 0.15) is 0 Å². The van der Waals surface area contributed by atoms with Crippen LogP contribution in [0.5, 0.6) is 0 Å². The number of epoxide rings is 1. The molecule has 22 heavy (non-hydrogen) atoms. The minimum Gasteiger partial charge on any atom is -0.400 e. The van der Waals surface area contributed by atoms with E-state index >= 15 is 0 Å². The van der Waals surface area contributed by atoms with E-state index in [1.54, 1.807) is 0 Å². The highest BCUT2D eigenvalue weighted by atomic mass is 16.6. The number of aliphatic hydroxyl groups is 2. The zero-order chi connectivity index (χ0) is 15.7. The molecule has 4 rings (SSSR count). The van der Waals surface area contributed by atoms with Crippen molar-refractivity contribution in [2.75, 3.05) is 14.2 Å². The third-order valence-corrected chi connectivity index (χ3v) is 5.01. The van der Waals surface area contributed by atoms with E-state index in [4.69, 9.17) is 14.6 Å². The Morgan fingerprint density at radius 1 is 1.23 bits per heavy atom. The number of ether oxygens (including phenoxy) is 2. The standard InChI is InChI=1S/C16H21NO3.CH4O/c1-17-11-8-14-16(20-14)12(17)9-13(11)19-15(18)7-10-5-3-2-4-6-10;1-2/h2-6,11-16,18H,7-9H2,1H3;2H,1H3. The molecule has 6 unspecified atom stereocenters. The van der Waals surface area contributed by atoms with E-state index in [0.717, 1.165) is 25.5 Å². The van der Waals surface area contributed by atoms with Crippen LogP contribution in [0.25, 0.3) is 0 Å². The number of hydrogen-bond donors (Lipinski definition) is 2. The van der Waals surface area contributed by atoms with Gasteiger partial charge in [-0.05, 0) is 25.5 Å². The topological polar surface area (TPSA) is 65.5 Å². The summed E-state index contributed by atoms with van der Waals surface area (Å²) in [6, 6.07) is 10.9. The zero-order valence-corrected chi connectivity index (χ0v) is 13.1. The monoisotopic (exact) mass is 307 g/mol. The lowest BCUT2D eigenvalue weighted by molar-refractivity contribution is -0.141. The second-order valence-corrected chi connectivity index (χ2v) is 6.23. The number of rotatable bonds is 4. The molecule has 3 fully saturated rings. The Hall–Kier alpha value is -0.980. The highest BCUT2D eigenvalue weighted by Gasteiger charge is 2.59. The minimum absolute atomic E-state index is 0.139. The van der Waals surface area contributed by atoms with Gasteiger partial charge in [-0.3, -0.25) is 4.90 Å². The van der Waals surface area contributed by atoms with Crippen molar-refractivity contribution in [3.05, 3.63) is 35.9 Å². The molecule has 1 aromatic carbocycles. The van der Waals surface area contributed by atoms with Crippen molar-refractivity contribution in [2.24, 2.45) is 0 Å². The van der Waals surface area contributed by atoms with Crippen LogP contribution >= 0.6 is 0 Å². The Bertz CT molecular complexity index is 483. The second-order valence-electron chi connectivity index (χ2n) is 6.23. The maximum atomic E-state index is 10.2. The van der Waals surface area contributed by atoms with E-state index in [9.17, 15) is 5.11 Å². The van der Waals surface area contributed by atoms with E-state index in [1.807, 2.05) is 30.3 Å². The molecule has 5 heteroatoms. The molecule has 1 aromatic rings. The molecule has 0 spiro atoms. The summed E-state index contributed by atoms with van der Waals surface area (Å²) in [5.41, 5.74) is 1.11. The van der Waals surface area contributed by atoms with Crippen LogP contribution in [0.15, 0.2) is 30.3 Å². The minimum atomic E-state index is -0.715. The van der Waals surface area contributed by atoms with Gasteiger partial charge in [0.05, 0.1) is 18.3 Å². The van der Waals surface area contributed by atoms with Crippen LogP contribution in [0.2, 0.25) is 0 Å². The Kier molecular flexibility index (Phi) is 4.80. The SMILES string of the molecule is CN1C2CC3OC3C1CC2OC(O)Cc1ccccc1.CO. The summed E-state index contributed by atoms with van der Waals surface area (Å²) >= 11 is 0. The van der Waals surface area contributed by atoms with Crippen LogP contribution in [0, 0.1) is 0 Å². The molecular formula is C17H25NO4. The zero-order valence-electron chi connectivity index (χ0n) is 13.1. The fraction of sp³-hybridized carbons (Fsp3) is 0.647. The van der Waals surface area contributed by atoms with Crippen LogP contribution < -0.4 is 0 Å². The summed E-state index contributed by atoms with van der Waals surface area (Å²) in [7, 11) is 3.15. The molecule has 0 aromatic heterocycles. The molecule has 5 nitrogen and oxygen atoms in total. The first-order chi connectivity index (χ1) is 10.7. The van der Waals surface area contributed by atoms with Gasteiger partial charge in [0.25, 0.3) is 0 Å². The van der Waals surface area contributed by atoms with Gasteiger partial charge in [0.15, 0.2) is 6.29 Å². The van der Waals surface area contributed by atoms with Gasteiger partial charge in [0.2, 0.25) is 0 Å². The first kappa shape index (κ1) is 15.9. The molecule has 0 radical (unpaired) electrons. The number of benzene rings is 1. The molecule has 0 aliphatic carbocycles. The van der Waals surface area contributed by atoms with Crippen LogP contribution in [-0.4, -0.2) is 66.0 Å². The third kappa shape index (κ3) is 3.05. The number of hydrogen-bond acceptors (Lipinski definition) is 5. The van der Waals surface area contributed by atoms with Crippen molar-refractivity contribution in [1.29, 1.82) is 0 Å². The fourth-order valence-corrected chi connectivity index (χ4v) is 3.89. The quantitative estimate of drug-likeness (QED) is 0.636. The molecule has 3 aliphatic rings. The summed E-state index contributed by atoms with van der Waals surface area (Å²) in [6.07, 6.45) is 2.86. The van der Waals surface area contributed by atoms with Gasteiger partial charge in [-0.1, -0.05) is 30.3 Å². The molecule has 3 saturated heterocycles. The van der Waals surface area contributed by atoms with Crippen molar-refractivity contribution < 1.29 is 19.7 Å². The summed E-state index contributed by atoms with van der Waals surface area (Å²) in [4.78, 5) is 2.38. The molecule has 0 saturated carbocycles.